The van der Waals surface area contributed by atoms with Crippen LogP contribution in [0.5, 0.6) is 0 Å². The highest BCUT2D eigenvalue weighted by Gasteiger charge is 2.63. The van der Waals surface area contributed by atoms with Gasteiger partial charge in [0.2, 0.25) is 0 Å². The van der Waals surface area contributed by atoms with Crippen LogP contribution in [0.2, 0.25) is 0 Å². The van der Waals surface area contributed by atoms with Gasteiger partial charge in [0, 0.05) is 18.1 Å². The molecule has 0 unspecified atom stereocenters. The van der Waals surface area contributed by atoms with Gasteiger partial charge in [-0.3, -0.25) is 9.78 Å². The summed E-state index contributed by atoms with van der Waals surface area (Å²) in [5, 5.41) is 3.80. The number of amides is 1. The average molecular weight is 367 g/mol. The maximum atomic E-state index is 13.9. The SMILES string of the molecule is CCOC(=O)[C@@](NC(=O)c1cccnc1)(Nc1ccccc1)C(F)(F)F. The van der Waals surface area contributed by atoms with Gasteiger partial charge in [-0.15, -0.1) is 0 Å². The Morgan fingerprint density at radius 1 is 1.12 bits per heavy atom. The predicted molar refractivity (Wildman–Crippen MR) is 87.2 cm³/mol. The first-order chi connectivity index (χ1) is 12.3. The van der Waals surface area contributed by atoms with Gasteiger partial charge in [-0.25, -0.2) is 4.79 Å². The number of nitrogens with one attached hydrogen (secondary N) is 2. The van der Waals surface area contributed by atoms with Crippen LogP contribution in [0.3, 0.4) is 0 Å². The maximum absolute atomic E-state index is 13.9. The maximum Gasteiger partial charge on any atom is 0.441 e. The van der Waals surface area contributed by atoms with Crippen molar-refractivity contribution in [3.63, 3.8) is 0 Å². The Labute approximate surface area is 147 Å². The smallest absolute Gasteiger partial charge is 0.441 e. The van der Waals surface area contributed by atoms with Crippen molar-refractivity contribution in [1.82, 2.24) is 10.3 Å². The van der Waals surface area contributed by atoms with Crippen molar-refractivity contribution in [1.29, 1.82) is 0 Å². The van der Waals surface area contributed by atoms with E-state index in [4.69, 9.17) is 0 Å². The molecule has 0 saturated carbocycles. The number of carbonyl (C=O) groups is 2. The van der Waals surface area contributed by atoms with Gasteiger partial charge in [0.25, 0.3) is 5.91 Å². The molecule has 138 valence electrons. The van der Waals surface area contributed by atoms with Crippen molar-refractivity contribution < 1.29 is 27.5 Å². The minimum atomic E-state index is -5.19. The van der Waals surface area contributed by atoms with Crippen molar-refractivity contribution in [2.75, 3.05) is 11.9 Å². The molecule has 0 fully saturated rings. The summed E-state index contributed by atoms with van der Waals surface area (Å²) < 4.78 is 46.3. The van der Waals surface area contributed by atoms with E-state index in [2.05, 4.69) is 15.0 Å². The minimum absolute atomic E-state index is 0.0237. The highest BCUT2D eigenvalue weighted by Crippen LogP contribution is 2.33. The molecule has 0 aliphatic rings. The lowest BCUT2D eigenvalue weighted by molar-refractivity contribution is -0.204. The summed E-state index contributed by atoms with van der Waals surface area (Å²) in [6.07, 6.45) is -2.74. The first kappa shape index (κ1) is 19.2. The average Bonchev–Trinajstić information content (AvgIpc) is 2.62. The normalized spacial score (nSPS) is 13.4. The van der Waals surface area contributed by atoms with Crippen molar-refractivity contribution in [2.45, 2.75) is 18.8 Å². The zero-order valence-electron chi connectivity index (χ0n) is 13.7. The number of rotatable bonds is 6. The lowest BCUT2D eigenvalue weighted by Crippen LogP contribution is -2.69. The molecular weight excluding hydrogens is 351 g/mol. The quantitative estimate of drug-likeness (QED) is 0.606. The number of aromatic nitrogens is 1. The molecule has 1 aromatic carbocycles. The van der Waals surface area contributed by atoms with Gasteiger partial charge in [-0.2, -0.15) is 13.2 Å². The van der Waals surface area contributed by atoms with Crippen LogP contribution in [0.4, 0.5) is 18.9 Å². The van der Waals surface area contributed by atoms with E-state index >= 15 is 0 Å². The number of hydrogen-bond acceptors (Lipinski definition) is 5. The van der Waals surface area contributed by atoms with Crippen molar-refractivity contribution >= 4 is 17.6 Å². The molecule has 9 heteroatoms. The Hall–Kier alpha value is -3.10. The summed E-state index contributed by atoms with van der Waals surface area (Å²) >= 11 is 0. The Kier molecular flexibility index (Phi) is 5.81. The molecule has 2 rings (SSSR count). The van der Waals surface area contributed by atoms with Crippen molar-refractivity contribution in [3.8, 4) is 0 Å². The van der Waals surface area contributed by atoms with E-state index in [0.717, 1.165) is 6.20 Å². The fraction of sp³-hybridized carbons (Fsp3) is 0.235. The number of alkyl halides is 3. The van der Waals surface area contributed by atoms with Crippen LogP contribution in [0.25, 0.3) is 0 Å². The number of anilines is 1. The Balaban J connectivity index is 2.47. The third-order valence-electron chi connectivity index (χ3n) is 3.34. The molecule has 1 amide bonds. The molecule has 1 atom stereocenters. The van der Waals surface area contributed by atoms with E-state index in [9.17, 15) is 22.8 Å². The second kappa shape index (κ2) is 7.85. The molecule has 2 N–H and O–H groups in total. The highest BCUT2D eigenvalue weighted by atomic mass is 19.4. The Bertz CT molecular complexity index is 754. The van der Waals surface area contributed by atoms with Crippen molar-refractivity contribution in [3.05, 3.63) is 60.4 Å². The molecule has 0 aliphatic carbocycles. The minimum Gasteiger partial charge on any atom is -0.463 e. The molecule has 26 heavy (non-hydrogen) atoms. The van der Waals surface area contributed by atoms with Crippen LogP contribution in [-0.4, -0.2) is 35.3 Å². The molecule has 6 nitrogen and oxygen atoms in total. The highest BCUT2D eigenvalue weighted by molar-refractivity contribution is 5.99. The van der Waals surface area contributed by atoms with Crippen molar-refractivity contribution in [2.24, 2.45) is 0 Å². The van der Waals surface area contributed by atoms with E-state index in [0.29, 0.717) is 0 Å². The van der Waals surface area contributed by atoms with E-state index < -0.39 is 23.7 Å². The van der Waals surface area contributed by atoms with Gasteiger partial charge in [0.05, 0.1) is 12.2 Å². The Morgan fingerprint density at radius 2 is 1.81 bits per heavy atom. The number of benzene rings is 1. The number of hydrogen-bond donors (Lipinski definition) is 2. The topological polar surface area (TPSA) is 80.3 Å². The van der Waals surface area contributed by atoms with Gasteiger partial charge in [-0.1, -0.05) is 18.2 Å². The zero-order valence-corrected chi connectivity index (χ0v) is 13.7. The van der Waals surface area contributed by atoms with Gasteiger partial charge in [0.15, 0.2) is 0 Å². The monoisotopic (exact) mass is 367 g/mol. The van der Waals surface area contributed by atoms with Gasteiger partial charge in [-0.05, 0) is 31.2 Å². The van der Waals surface area contributed by atoms with Gasteiger partial charge < -0.3 is 15.4 Å². The molecule has 0 aliphatic heterocycles. The van der Waals surface area contributed by atoms with E-state index in [1.807, 2.05) is 0 Å². The summed E-state index contributed by atoms with van der Waals surface area (Å²) in [7, 11) is 0. The largest absolute Gasteiger partial charge is 0.463 e. The van der Waals surface area contributed by atoms with Crippen LogP contribution in [-0.2, 0) is 9.53 Å². The number of esters is 1. The predicted octanol–water partition coefficient (Wildman–Crippen LogP) is 2.75. The number of carbonyl (C=O) groups excluding carboxylic acids is 2. The molecule has 1 aromatic heterocycles. The number of halogens is 3. The zero-order chi connectivity index (χ0) is 19.2. The summed E-state index contributed by atoms with van der Waals surface area (Å²) in [5.74, 6) is -2.81. The van der Waals surface area contributed by atoms with E-state index in [-0.39, 0.29) is 17.9 Å². The van der Waals surface area contributed by atoms with Crippen LogP contribution < -0.4 is 10.6 Å². The van der Waals surface area contributed by atoms with E-state index in [1.54, 1.807) is 11.4 Å². The molecule has 0 bridgehead atoms. The lowest BCUT2D eigenvalue weighted by atomic mass is 10.1. The van der Waals surface area contributed by atoms with Gasteiger partial charge >= 0.3 is 17.8 Å². The standard InChI is InChI=1S/C17H16F3N3O3/c1-2-26-15(25)16(17(18,19)20,22-13-8-4-3-5-9-13)23-14(24)12-7-6-10-21-11-12/h3-11,22H,2H2,1H3,(H,23,24)/t16-/m0/s1. The number of pyridine rings is 1. The third kappa shape index (κ3) is 4.11. The summed E-state index contributed by atoms with van der Waals surface area (Å²) in [5.41, 5.74) is -3.62. The molecule has 1 heterocycles. The molecule has 0 saturated heterocycles. The molecule has 0 radical (unpaired) electrons. The molecule has 2 aromatic rings. The second-order valence-corrected chi connectivity index (χ2v) is 5.16. The Morgan fingerprint density at radius 3 is 2.35 bits per heavy atom. The fourth-order valence-corrected chi connectivity index (χ4v) is 2.11. The van der Waals surface area contributed by atoms with E-state index in [1.165, 1.54) is 49.5 Å². The second-order valence-electron chi connectivity index (χ2n) is 5.16. The number of para-hydroxylation sites is 1. The first-order valence-corrected chi connectivity index (χ1v) is 7.60. The number of nitrogens with zero attached hydrogens (tertiary/aromatic N) is 1. The van der Waals surface area contributed by atoms with Gasteiger partial charge in [0.1, 0.15) is 0 Å². The van der Waals surface area contributed by atoms with Crippen LogP contribution in [0.1, 0.15) is 17.3 Å². The summed E-state index contributed by atoms with van der Waals surface area (Å²) in [6, 6.07) is 9.89. The third-order valence-corrected chi connectivity index (χ3v) is 3.34. The summed E-state index contributed by atoms with van der Waals surface area (Å²) in [4.78, 5) is 28.2. The summed E-state index contributed by atoms with van der Waals surface area (Å²) in [6.45, 7) is 1.07. The first-order valence-electron chi connectivity index (χ1n) is 7.60. The lowest BCUT2D eigenvalue weighted by Gasteiger charge is -2.35. The molecular formula is C17H16F3N3O3. The van der Waals surface area contributed by atoms with Crippen LogP contribution in [0.15, 0.2) is 54.9 Å². The molecule has 0 spiro atoms. The fourth-order valence-electron chi connectivity index (χ4n) is 2.11. The van der Waals surface area contributed by atoms with Crippen LogP contribution in [0, 0.1) is 0 Å². The van der Waals surface area contributed by atoms with Crippen LogP contribution >= 0.6 is 0 Å². The number of ether oxygens (including phenoxy) is 1.